The molecule has 0 spiro atoms. The van der Waals surface area contributed by atoms with Gasteiger partial charge in [-0.25, -0.2) is 0 Å². The summed E-state index contributed by atoms with van der Waals surface area (Å²) in [5, 5.41) is 0.833. The predicted molar refractivity (Wildman–Crippen MR) is 105 cm³/mol. The number of thioether (sulfide) groups is 2. The van der Waals surface area contributed by atoms with Crippen molar-refractivity contribution in [2.45, 2.75) is 30.2 Å². The molecule has 3 nitrogen and oxygen atoms in total. The van der Waals surface area contributed by atoms with Crippen LogP contribution in [-0.2, 0) is 4.79 Å². The Morgan fingerprint density at radius 1 is 1.25 bits per heavy atom. The van der Waals surface area contributed by atoms with Crippen molar-refractivity contribution in [2.75, 3.05) is 43.4 Å². The Morgan fingerprint density at radius 3 is 2.83 bits per heavy atom. The number of nitrogens with zero attached hydrogens (tertiary/aromatic N) is 2. The highest BCUT2D eigenvalue weighted by Crippen LogP contribution is 2.27. The summed E-state index contributed by atoms with van der Waals surface area (Å²) in [6.07, 6.45) is 3.27. The molecule has 132 valence electrons. The Hall–Kier alpha value is -0.360. The summed E-state index contributed by atoms with van der Waals surface area (Å²) < 4.78 is 0. The van der Waals surface area contributed by atoms with E-state index in [9.17, 15) is 4.79 Å². The van der Waals surface area contributed by atoms with Crippen molar-refractivity contribution in [3.05, 3.63) is 29.3 Å². The van der Waals surface area contributed by atoms with E-state index in [1.54, 1.807) is 0 Å². The van der Waals surface area contributed by atoms with E-state index in [-0.39, 0.29) is 6.04 Å². The molecule has 24 heavy (non-hydrogen) atoms. The summed E-state index contributed by atoms with van der Waals surface area (Å²) in [6, 6.07) is 8.13. The van der Waals surface area contributed by atoms with Crippen LogP contribution in [0.4, 0.5) is 0 Å². The molecule has 1 aromatic carbocycles. The number of hydrogen-bond donors (Lipinski definition) is 0. The van der Waals surface area contributed by atoms with Crippen LogP contribution < -0.4 is 0 Å². The molecule has 2 aliphatic rings. The van der Waals surface area contributed by atoms with E-state index in [0.29, 0.717) is 5.91 Å². The van der Waals surface area contributed by atoms with Gasteiger partial charge in [-0.15, -0.1) is 11.8 Å². The average Bonchev–Trinajstić information content (AvgIpc) is 3.09. The summed E-state index contributed by atoms with van der Waals surface area (Å²) in [5.41, 5.74) is 0. The van der Waals surface area contributed by atoms with Crippen molar-refractivity contribution >= 4 is 41.0 Å². The quantitative estimate of drug-likeness (QED) is 0.548. The van der Waals surface area contributed by atoms with Gasteiger partial charge in [-0.1, -0.05) is 23.7 Å². The zero-order valence-corrected chi connectivity index (χ0v) is 16.3. The third-order valence-corrected chi connectivity index (χ3v) is 7.20. The van der Waals surface area contributed by atoms with Gasteiger partial charge in [-0.05, 0) is 50.2 Å². The normalized spacial score (nSPS) is 22.0. The molecular weight excluding hydrogens is 360 g/mol. The van der Waals surface area contributed by atoms with Crippen LogP contribution in [0, 0.1) is 0 Å². The van der Waals surface area contributed by atoms with Gasteiger partial charge in [-0.2, -0.15) is 11.8 Å². The van der Waals surface area contributed by atoms with Gasteiger partial charge in [0, 0.05) is 29.5 Å². The van der Waals surface area contributed by atoms with E-state index in [0.717, 1.165) is 72.6 Å². The van der Waals surface area contributed by atoms with E-state index in [1.807, 2.05) is 41.7 Å². The molecule has 2 heterocycles. The Morgan fingerprint density at radius 2 is 2.04 bits per heavy atom. The fourth-order valence-electron chi connectivity index (χ4n) is 3.38. The number of amides is 1. The van der Waals surface area contributed by atoms with Gasteiger partial charge in [0.1, 0.15) is 0 Å². The van der Waals surface area contributed by atoms with Crippen molar-refractivity contribution in [3.63, 3.8) is 0 Å². The molecule has 2 saturated heterocycles. The minimum Gasteiger partial charge on any atom is -0.340 e. The molecule has 0 saturated carbocycles. The largest absolute Gasteiger partial charge is 0.340 e. The van der Waals surface area contributed by atoms with E-state index in [2.05, 4.69) is 15.9 Å². The van der Waals surface area contributed by atoms with E-state index >= 15 is 0 Å². The van der Waals surface area contributed by atoms with Crippen LogP contribution in [0.2, 0.25) is 5.02 Å². The number of carbonyl (C=O) groups excluding carboxylic acids is 1. The van der Waals surface area contributed by atoms with Crippen LogP contribution in [0.3, 0.4) is 0 Å². The second-order valence-electron chi connectivity index (χ2n) is 6.26. The molecule has 2 fully saturated rings. The van der Waals surface area contributed by atoms with Crippen molar-refractivity contribution in [1.82, 2.24) is 9.80 Å². The fourth-order valence-corrected chi connectivity index (χ4v) is 5.46. The number of likely N-dealkylation sites (tertiary alicyclic amines) is 1. The molecule has 0 bridgehead atoms. The molecule has 1 aromatic rings. The van der Waals surface area contributed by atoms with Gasteiger partial charge >= 0.3 is 0 Å². The van der Waals surface area contributed by atoms with Crippen molar-refractivity contribution in [2.24, 2.45) is 0 Å². The van der Waals surface area contributed by atoms with E-state index in [4.69, 9.17) is 11.6 Å². The smallest absolute Gasteiger partial charge is 0.239 e. The lowest BCUT2D eigenvalue weighted by molar-refractivity contribution is -0.135. The van der Waals surface area contributed by atoms with Gasteiger partial charge in [-0.3, -0.25) is 9.69 Å². The maximum absolute atomic E-state index is 12.8. The summed E-state index contributed by atoms with van der Waals surface area (Å²) in [7, 11) is 0. The fraction of sp³-hybridized carbons (Fsp3) is 0.611. The topological polar surface area (TPSA) is 23.6 Å². The standard InChI is InChI=1S/C18H25ClN2OS2/c19-15-5-1-2-7-17(15)24-12-4-9-20-8-3-6-16(20)18(22)21-10-13-23-14-11-21/h1-2,5,7,16H,3-4,6,8-14H2. The Kier molecular flexibility index (Phi) is 7.20. The van der Waals surface area contributed by atoms with Gasteiger partial charge in [0.05, 0.1) is 11.1 Å². The van der Waals surface area contributed by atoms with Gasteiger partial charge in [0.25, 0.3) is 0 Å². The van der Waals surface area contributed by atoms with Crippen molar-refractivity contribution in [1.29, 1.82) is 0 Å². The van der Waals surface area contributed by atoms with Crippen molar-refractivity contribution < 1.29 is 4.79 Å². The highest BCUT2D eigenvalue weighted by atomic mass is 35.5. The highest BCUT2D eigenvalue weighted by molar-refractivity contribution is 7.99. The Bertz CT molecular complexity index is 552. The molecule has 0 aliphatic carbocycles. The van der Waals surface area contributed by atoms with Gasteiger partial charge in [0.2, 0.25) is 5.91 Å². The molecule has 0 N–H and O–H groups in total. The summed E-state index contributed by atoms with van der Waals surface area (Å²) in [6.45, 7) is 3.93. The molecule has 6 heteroatoms. The second kappa shape index (κ2) is 9.37. The first-order valence-corrected chi connectivity index (χ1v) is 11.3. The zero-order valence-electron chi connectivity index (χ0n) is 14.0. The van der Waals surface area contributed by atoms with Gasteiger partial charge in [0.15, 0.2) is 0 Å². The molecule has 1 amide bonds. The van der Waals surface area contributed by atoms with Crippen LogP contribution in [0.15, 0.2) is 29.2 Å². The molecule has 0 aromatic heterocycles. The maximum Gasteiger partial charge on any atom is 0.239 e. The summed E-state index contributed by atoms with van der Waals surface area (Å²) >= 11 is 9.96. The van der Waals surface area contributed by atoms with Crippen LogP contribution in [-0.4, -0.2) is 65.2 Å². The lowest BCUT2D eigenvalue weighted by atomic mass is 10.2. The molecule has 1 atom stereocenters. The summed E-state index contributed by atoms with van der Waals surface area (Å²) in [4.78, 5) is 18.4. The number of rotatable bonds is 6. The van der Waals surface area contributed by atoms with Crippen LogP contribution in [0.25, 0.3) is 0 Å². The third kappa shape index (κ3) is 4.84. The number of hydrogen-bond acceptors (Lipinski definition) is 4. The first-order chi connectivity index (χ1) is 11.8. The molecule has 3 rings (SSSR count). The van der Waals surface area contributed by atoms with E-state index < -0.39 is 0 Å². The lowest BCUT2D eigenvalue weighted by Crippen LogP contribution is -2.48. The zero-order chi connectivity index (χ0) is 16.8. The second-order valence-corrected chi connectivity index (χ2v) is 9.03. The molecular formula is C18H25ClN2OS2. The first-order valence-electron chi connectivity index (χ1n) is 8.73. The monoisotopic (exact) mass is 384 g/mol. The number of halogens is 1. The average molecular weight is 385 g/mol. The first kappa shape index (κ1) is 18.4. The number of benzene rings is 1. The molecule has 0 radical (unpaired) electrons. The van der Waals surface area contributed by atoms with Crippen LogP contribution >= 0.6 is 35.1 Å². The molecule has 2 aliphatic heterocycles. The minimum absolute atomic E-state index is 0.124. The highest BCUT2D eigenvalue weighted by Gasteiger charge is 2.33. The van der Waals surface area contributed by atoms with Crippen molar-refractivity contribution in [3.8, 4) is 0 Å². The SMILES string of the molecule is O=C(C1CCCN1CCCSc1ccccc1Cl)N1CCSCC1. The predicted octanol–water partition coefficient (Wildman–Crippen LogP) is 3.86. The van der Waals surface area contributed by atoms with Crippen LogP contribution in [0.1, 0.15) is 19.3 Å². The molecule has 1 unspecified atom stereocenters. The minimum atomic E-state index is 0.124. The lowest BCUT2D eigenvalue weighted by Gasteiger charge is -2.32. The third-order valence-electron chi connectivity index (χ3n) is 4.66. The Labute approximate surface area is 158 Å². The van der Waals surface area contributed by atoms with E-state index in [1.165, 1.54) is 0 Å². The summed E-state index contributed by atoms with van der Waals surface area (Å²) in [5.74, 6) is 3.59. The Balaban J connectivity index is 1.44. The maximum atomic E-state index is 12.8. The number of carbonyl (C=O) groups is 1. The van der Waals surface area contributed by atoms with Gasteiger partial charge < -0.3 is 4.90 Å². The van der Waals surface area contributed by atoms with Crippen LogP contribution in [0.5, 0.6) is 0 Å².